The Kier molecular flexibility index (Phi) is 4.87. The van der Waals surface area contributed by atoms with Gasteiger partial charge in [0.15, 0.2) is 0 Å². The van der Waals surface area contributed by atoms with E-state index in [1.165, 1.54) is 0 Å². The molecule has 0 fully saturated rings. The molecule has 0 spiro atoms. The molecule has 150 valence electrons. The van der Waals surface area contributed by atoms with Gasteiger partial charge in [-0.2, -0.15) is 9.97 Å². The number of benzene rings is 1. The molecule has 1 amide bonds. The quantitative estimate of drug-likeness (QED) is 0.682. The van der Waals surface area contributed by atoms with Gasteiger partial charge in [0.1, 0.15) is 11.5 Å². The Labute approximate surface area is 168 Å². The summed E-state index contributed by atoms with van der Waals surface area (Å²) in [6.45, 7) is 4.74. The van der Waals surface area contributed by atoms with E-state index in [1.807, 2.05) is 58.3 Å². The van der Waals surface area contributed by atoms with Crippen LogP contribution in [0.15, 0.2) is 34.9 Å². The Balaban J connectivity index is 1.59. The van der Waals surface area contributed by atoms with Gasteiger partial charge in [-0.3, -0.25) is 4.79 Å². The van der Waals surface area contributed by atoms with Gasteiger partial charge in [0.2, 0.25) is 17.7 Å². The zero-order valence-corrected chi connectivity index (χ0v) is 16.9. The number of hydrogen-bond acceptors (Lipinski definition) is 8. The van der Waals surface area contributed by atoms with Crippen molar-refractivity contribution in [2.24, 2.45) is 0 Å². The first kappa shape index (κ1) is 18.9. The average Bonchev–Trinajstić information content (AvgIpc) is 3.32. The number of rotatable bonds is 6. The first-order valence-electron chi connectivity index (χ1n) is 9.45. The Bertz CT molecular complexity index is 1030. The van der Waals surface area contributed by atoms with Crippen LogP contribution in [0.4, 0.5) is 11.8 Å². The molecule has 0 unspecified atom stereocenters. The van der Waals surface area contributed by atoms with E-state index in [9.17, 15) is 4.79 Å². The van der Waals surface area contributed by atoms with E-state index < -0.39 is 0 Å². The van der Waals surface area contributed by atoms with Gasteiger partial charge < -0.3 is 19.6 Å². The molecule has 29 heavy (non-hydrogen) atoms. The molecule has 9 nitrogen and oxygen atoms in total. The molecule has 0 atom stereocenters. The van der Waals surface area contributed by atoms with Crippen molar-refractivity contribution in [1.29, 1.82) is 0 Å². The molecule has 0 saturated heterocycles. The molecular weight excluding hydrogens is 370 g/mol. The average molecular weight is 393 g/mol. The summed E-state index contributed by atoms with van der Waals surface area (Å²) in [6.07, 6.45) is 0. The highest BCUT2D eigenvalue weighted by molar-refractivity contribution is 5.98. The summed E-state index contributed by atoms with van der Waals surface area (Å²) in [6, 6.07) is 9.72. The van der Waals surface area contributed by atoms with E-state index >= 15 is 0 Å². The fourth-order valence-electron chi connectivity index (χ4n) is 3.13. The fourth-order valence-corrected chi connectivity index (χ4v) is 3.13. The number of aromatic nitrogens is 4. The predicted octanol–water partition coefficient (Wildman–Crippen LogP) is 2.57. The number of amides is 1. The monoisotopic (exact) mass is 393 g/mol. The zero-order chi connectivity index (χ0) is 20.5. The molecule has 1 N–H and O–H groups in total. The van der Waals surface area contributed by atoms with Crippen LogP contribution in [0.1, 0.15) is 35.8 Å². The highest BCUT2D eigenvalue weighted by Crippen LogP contribution is 2.30. The Morgan fingerprint density at radius 1 is 1.17 bits per heavy atom. The molecular formula is C20H23N7O2. The SMILES string of the molecule is CC(C)N1Cc2c(NCc3nc(-c4ccccc4)no3)nc(N(C)C)nc2C1=O. The van der Waals surface area contributed by atoms with E-state index in [2.05, 4.69) is 25.4 Å². The molecule has 4 rings (SSSR count). The first-order chi connectivity index (χ1) is 13.9. The van der Waals surface area contributed by atoms with Gasteiger partial charge >= 0.3 is 0 Å². The minimum absolute atomic E-state index is 0.0762. The third kappa shape index (κ3) is 3.63. The second-order valence-electron chi connectivity index (χ2n) is 7.35. The molecule has 1 aliphatic rings. The lowest BCUT2D eigenvalue weighted by molar-refractivity contribution is 0.0726. The van der Waals surface area contributed by atoms with Gasteiger partial charge in [0, 0.05) is 31.3 Å². The van der Waals surface area contributed by atoms with Crippen LogP contribution in [-0.4, -0.2) is 51.1 Å². The van der Waals surface area contributed by atoms with Crippen molar-refractivity contribution in [3.05, 3.63) is 47.5 Å². The van der Waals surface area contributed by atoms with Crippen LogP contribution in [0.5, 0.6) is 0 Å². The molecule has 1 aliphatic heterocycles. The highest BCUT2D eigenvalue weighted by atomic mass is 16.5. The number of nitrogens with zero attached hydrogens (tertiary/aromatic N) is 6. The van der Waals surface area contributed by atoms with E-state index in [-0.39, 0.29) is 11.9 Å². The van der Waals surface area contributed by atoms with Crippen LogP contribution in [0.25, 0.3) is 11.4 Å². The van der Waals surface area contributed by atoms with Crippen LogP contribution in [-0.2, 0) is 13.1 Å². The van der Waals surface area contributed by atoms with E-state index in [0.717, 1.165) is 11.1 Å². The van der Waals surface area contributed by atoms with Gasteiger partial charge in [-0.05, 0) is 13.8 Å². The molecule has 3 heterocycles. The summed E-state index contributed by atoms with van der Waals surface area (Å²) < 4.78 is 5.36. The van der Waals surface area contributed by atoms with Crippen LogP contribution in [0.3, 0.4) is 0 Å². The van der Waals surface area contributed by atoms with Crippen LogP contribution in [0.2, 0.25) is 0 Å². The van der Waals surface area contributed by atoms with E-state index in [1.54, 1.807) is 9.80 Å². The second-order valence-corrected chi connectivity index (χ2v) is 7.35. The lowest BCUT2D eigenvalue weighted by Gasteiger charge is -2.19. The summed E-state index contributed by atoms with van der Waals surface area (Å²) in [5.41, 5.74) is 2.12. The van der Waals surface area contributed by atoms with Gasteiger partial charge in [0.25, 0.3) is 5.91 Å². The summed E-state index contributed by atoms with van der Waals surface area (Å²) in [5, 5.41) is 7.28. The fraction of sp³-hybridized carbons (Fsp3) is 0.350. The molecule has 3 aromatic rings. The minimum Gasteiger partial charge on any atom is -0.361 e. The van der Waals surface area contributed by atoms with Crippen LogP contribution < -0.4 is 10.2 Å². The molecule has 0 aliphatic carbocycles. The summed E-state index contributed by atoms with van der Waals surface area (Å²) >= 11 is 0. The van der Waals surface area contributed by atoms with Crippen molar-refractivity contribution in [2.75, 3.05) is 24.3 Å². The topological polar surface area (TPSA) is 100 Å². The van der Waals surface area contributed by atoms with Crippen molar-refractivity contribution in [1.82, 2.24) is 25.0 Å². The van der Waals surface area contributed by atoms with Gasteiger partial charge in [-0.15, -0.1) is 0 Å². The number of anilines is 2. The normalized spacial score (nSPS) is 13.1. The summed E-state index contributed by atoms with van der Waals surface area (Å²) in [5.74, 6) is 1.97. The lowest BCUT2D eigenvalue weighted by Crippen LogP contribution is -2.31. The summed E-state index contributed by atoms with van der Waals surface area (Å²) in [7, 11) is 3.69. The maximum Gasteiger partial charge on any atom is 0.273 e. The van der Waals surface area contributed by atoms with Crippen molar-refractivity contribution in [3.8, 4) is 11.4 Å². The van der Waals surface area contributed by atoms with Gasteiger partial charge in [-0.25, -0.2) is 4.98 Å². The largest absolute Gasteiger partial charge is 0.361 e. The van der Waals surface area contributed by atoms with Crippen LogP contribution in [0, 0.1) is 0 Å². The standard InChI is InChI=1S/C20H23N7O2/c1-12(2)27-11-14-16(19(27)28)23-20(26(3)4)24-18(14)21-10-15-22-17(25-29-15)13-8-6-5-7-9-13/h5-9,12H,10-11H2,1-4H3,(H,21,23,24). The van der Waals surface area contributed by atoms with Gasteiger partial charge in [0.05, 0.1) is 13.1 Å². The number of nitrogens with one attached hydrogen (secondary N) is 1. The molecule has 1 aromatic carbocycles. The third-order valence-electron chi connectivity index (χ3n) is 4.72. The maximum absolute atomic E-state index is 12.7. The van der Waals surface area contributed by atoms with Gasteiger partial charge in [-0.1, -0.05) is 35.5 Å². The summed E-state index contributed by atoms with van der Waals surface area (Å²) in [4.78, 5) is 29.8. The zero-order valence-electron chi connectivity index (χ0n) is 16.9. The Morgan fingerprint density at radius 2 is 1.93 bits per heavy atom. The van der Waals surface area contributed by atoms with Crippen molar-refractivity contribution in [3.63, 3.8) is 0 Å². The Morgan fingerprint density at radius 3 is 2.62 bits per heavy atom. The molecule has 9 heteroatoms. The lowest BCUT2D eigenvalue weighted by atomic mass is 10.2. The number of hydrogen-bond donors (Lipinski definition) is 1. The van der Waals surface area contributed by atoms with E-state index in [0.29, 0.717) is 42.3 Å². The van der Waals surface area contributed by atoms with Crippen molar-refractivity contribution in [2.45, 2.75) is 33.0 Å². The first-order valence-corrected chi connectivity index (χ1v) is 9.45. The smallest absolute Gasteiger partial charge is 0.273 e. The molecule has 2 aromatic heterocycles. The van der Waals surface area contributed by atoms with Crippen molar-refractivity contribution < 1.29 is 9.32 Å². The Hall–Kier alpha value is -3.49. The third-order valence-corrected chi connectivity index (χ3v) is 4.72. The molecule has 0 bridgehead atoms. The number of fused-ring (bicyclic) bond motifs is 1. The van der Waals surface area contributed by atoms with Crippen LogP contribution >= 0.6 is 0 Å². The number of carbonyl (C=O) groups is 1. The molecule has 0 saturated carbocycles. The predicted molar refractivity (Wildman–Crippen MR) is 108 cm³/mol. The molecule has 0 radical (unpaired) electrons. The number of carbonyl (C=O) groups excluding carboxylic acids is 1. The maximum atomic E-state index is 12.7. The van der Waals surface area contributed by atoms with Crippen molar-refractivity contribution >= 4 is 17.7 Å². The highest BCUT2D eigenvalue weighted by Gasteiger charge is 2.34. The second kappa shape index (κ2) is 7.50. The van der Waals surface area contributed by atoms with E-state index in [4.69, 9.17) is 4.52 Å². The minimum atomic E-state index is -0.0762.